The van der Waals surface area contributed by atoms with E-state index in [0.717, 1.165) is 21.9 Å². The maximum Gasteiger partial charge on any atom is 0.404 e. The van der Waals surface area contributed by atoms with Crippen molar-refractivity contribution in [3.8, 4) is 11.3 Å². The van der Waals surface area contributed by atoms with E-state index in [0.29, 0.717) is 31.1 Å². The van der Waals surface area contributed by atoms with Crippen LogP contribution in [0.25, 0.3) is 22.0 Å². The molecule has 1 aliphatic heterocycles. The van der Waals surface area contributed by atoms with E-state index in [1.54, 1.807) is 12.4 Å². The van der Waals surface area contributed by atoms with Gasteiger partial charge < -0.3 is 20.2 Å². The first-order chi connectivity index (χ1) is 18.2. The zero-order valence-electron chi connectivity index (χ0n) is 21.1. The van der Waals surface area contributed by atoms with Gasteiger partial charge in [0.15, 0.2) is 5.82 Å². The van der Waals surface area contributed by atoms with Gasteiger partial charge in [0.05, 0.1) is 0 Å². The van der Waals surface area contributed by atoms with Gasteiger partial charge in [-0.3, -0.25) is 9.78 Å². The Kier molecular flexibility index (Phi) is 7.09. The number of halogens is 2. The summed E-state index contributed by atoms with van der Waals surface area (Å²) in [6.07, 6.45) is 2.42. The van der Waals surface area contributed by atoms with Gasteiger partial charge in [0, 0.05) is 79.7 Å². The zero-order chi connectivity index (χ0) is 26.9. The number of benzene rings is 1. The quantitative estimate of drug-likeness (QED) is 0.511. The van der Waals surface area contributed by atoms with E-state index in [4.69, 9.17) is 5.11 Å². The zero-order valence-corrected chi connectivity index (χ0v) is 21.1. The third-order valence-corrected chi connectivity index (χ3v) is 7.51. The van der Waals surface area contributed by atoms with Gasteiger partial charge in [0.1, 0.15) is 5.69 Å². The number of fused-ring (bicyclic) bond motifs is 1. The Bertz CT molecular complexity index is 1330. The third kappa shape index (κ3) is 5.36. The lowest BCUT2D eigenvalue weighted by molar-refractivity contribution is -0.142. The van der Waals surface area contributed by atoms with E-state index >= 15 is 0 Å². The first-order valence-corrected chi connectivity index (χ1v) is 12.8. The summed E-state index contributed by atoms with van der Waals surface area (Å²) < 4.78 is 27.1. The normalized spacial score (nSPS) is 19.9. The molecular weight excluding hydrogens is 494 g/mol. The predicted molar refractivity (Wildman–Crippen MR) is 138 cm³/mol. The van der Waals surface area contributed by atoms with Crippen LogP contribution in [0.3, 0.4) is 0 Å². The van der Waals surface area contributed by atoms with Crippen molar-refractivity contribution in [3.63, 3.8) is 0 Å². The first kappa shape index (κ1) is 25.7. The van der Waals surface area contributed by atoms with Crippen molar-refractivity contribution in [2.45, 2.75) is 51.1 Å². The van der Waals surface area contributed by atoms with E-state index < -0.39 is 12.0 Å². The number of alkyl halides is 2. The fourth-order valence-electron chi connectivity index (χ4n) is 5.39. The standard InChI is InChI=1S/C27H30F2N6O3/c1-17-16-34(12-13-35(17)25(36)20-6-9-27(28,29)10-7-20)24-22-15-30-11-8-21(22)23(32-33-24)19-4-2-18(3-5-19)14-31-26(37)38/h2-5,8,11,15,17,20,31H,6-7,9-10,12-14,16H2,1H3,(H,37,38)/t17-/m0/s1. The minimum absolute atomic E-state index is 0.0254. The molecule has 1 saturated carbocycles. The Balaban J connectivity index is 1.33. The SMILES string of the molecule is C[C@H]1CN(c2nnc(-c3ccc(CNC(=O)O)cc3)c3ccncc23)CCN1C(=O)C1CCC(F)(F)CC1. The van der Waals surface area contributed by atoms with Crippen molar-refractivity contribution in [2.24, 2.45) is 5.92 Å². The summed E-state index contributed by atoms with van der Waals surface area (Å²) in [6.45, 7) is 3.79. The highest BCUT2D eigenvalue weighted by molar-refractivity contribution is 5.99. The lowest BCUT2D eigenvalue weighted by Crippen LogP contribution is -2.56. The number of pyridine rings is 1. The molecule has 2 aromatic heterocycles. The van der Waals surface area contributed by atoms with Crippen molar-refractivity contribution in [3.05, 3.63) is 48.3 Å². The predicted octanol–water partition coefficient (Wildman–Crippen LogP) is 4.32. The molecule has 9 nitrogen and oxygen atoms in total. The maximum absolute atomic E-state index is 13.6. The van der Waals surface area contributed by atoms with Gasteiger partial charge in [-0.1, -0.05) is 24.3 Å². The number of nitrogens with one attached hydrogen (secondary N) is 1. The van der Waals surface area contributed by atoms with Crippen molar-refractivity contribution in [1.82, 2.24) is 25.4 Å². The smallest absolute Gasteiger partial charge is 0.404 e. The molecule has 38 heavy (non-hydrogen) atoms. The average Bonchev–Trinajstić information content (AvgIpc) is 2.91. The first-order valence-electron chi connectivity index (χ1n) is 12.8. The lowest BCUT2D eigenvalue weighted by Gasteiger charge is -2.42. The van der Waals surface area contributed by atoms with E-state index in [9.17, 15) is 18.4 Å². The van der Waals surface area contributed by atoms with Crippen LogP contribution in [0.1, 0.15) is 38.2 Å². The number of nitrogens with zero attached hydrogens (tertiary/aromatic N) is 5. The van der Waals surface area contributed by atoms with Crippen molar-refractivity contribution >= 4 is 28.6 Å². The molecule has 1 aromatic carbocycles. The Labute approximate surface area is 218 Å². The molecule has 1 atom stereocenters. The number of amides is 2. The van der Waals surface area contributed by atoms with Crippen molar-refractivity contribution < 1.29 is 23.5 Å². The fourth-order valence-corrected chi connectivity index (χ4v) is 5.39. The van der Waals surface area contributed by atoms with Crippen LogP contribution in [0.15, 0.2) is 42.7 Å². The van der Waals surface area contributed by atoms with Gasteiger partial charge in [-0.25, -0.2) is 13.6 Å². The number of aromatic nitrogens is 3. The highest BCUT2D eigenvalue weighted by Gasteiger charge is 2.40. The van der Waals surface area contributed by atoms with Crippen LogP contribution in [0, 0.1) is 5.92 Å². The summed E-state index contributed by atoms with van der Waals surface area (Å²) >= 11 is 0. The molecule has 2 N–H and O–H groups in total. The largest absolute Gasteiger partial charge is 0.465 e. The summed E-state index contributed by atoms with van der Waals surface area (Å²) in [4.78, 5) is 32.1. The second kappa shape index (κ2) is 10.5. The van der Waals surface area contributed by atoms with Crippen LogP contribution >= 0.6 is 0 Å². The number of carbonyl (C=O) groups is 2. The van der Waals surface area contributed by atoms with E-state index in [1.807, 2.05) is 42.2 Å². The van der Waals surface area contributed by atoms with Gasteiger partial charge >= 0.3 is 6.09 Å². The van der Waals surface area contributed by atoms with Crippen LogP contribution in [0.5, 0.6) is 0 Å². The summed E-state index contributed by atoms with van der Waals surface area (Å²) in [5, 5.41) is 22.0. The van der Waals surface area contributed by atoms with E-state index in [2.05, 4.69) is 25.4 Å². The summed E-state index contributed by atoms with van der Waals surface area (Å²) in [5.74, 6) is -2.32. The number of carbonyl (C=O) groups excluding carboxylic acids is 1. The minimum Gasteiger partial charge on any atom is -0.465 e. The number of hydrogen-bond acceptors (Lipinski definition) is 6. The maximum atomic E-state index is 13.6. The van der Waals surface area contributed by atoms with Gasteiger partial charge in [-0.15, -0.1) is 10.2 Å². The van der Waals surface area contributed by atoms with E-state index in [1.165, 1.54) is 0 Å². The molecule has 0 radical (unpaired) electrons. The molecule has 0 spiro atoms. The van der Waals surface area contributed by atoms with Gasteiger partial charge in [-0.2, -0.15) is 0 Å². The molecule has 2 aliphatic rings. The number of hydrogen-bond donors (Lipinski definition) is 2. The number of carboxylic acid groups (broad SMARTS) is 1. The number of piperazine rings is 1. The van der Waals surface area contributed by atoms with Crippen molar-refractivity contribution in [1.29, 1.82) is 0 Å². The monoisotopic (exact) mass is 524 g/mol. The van der Waals surface area contributed by atoms with E-state index in [-0.39, 0.29) is 50.1 Å². The minimum atomic E-state index is -2.65. The third-order valence-electron chi connectivity index (χ3n) is 7.51. The van der Waals surface area contributed by atoms with Gasteiger partial charge in [0.25, 0.3) is 0 Å². The van der Waals surface area contributed by atoms with Crippen LogP contribution in [0.4, 0.5) is 19.4 Å². The molecule has 2 amide bonds. The van der Waals surface area contributed by atoms with Crippen LogP contribution in [0.2, 0.25) is 0 Å². The summed E-state index contributed by atoms with van der Waals surface area (Å²) in [6, 6.07) is 9.26. The second-order valence-corrected chi connectivity index (χ2v) is 10.1. The highest BCUT2D eigenvalue weighted by atomic mass is 19.3. The second-order valence-electron chi connectivity index (χ2n) is 10.1. The van der Waals surface area contributed by atoms with Crippen LogP contribution < -0.4 is 10.2 Å². The van der Waals surface area contributed by atoms with Gasteiger partial charge in [-0.05, 0) is 31.4 Å². The Morgan fingerprint density at radius 1 is 1.08 bits per heavy atom. The van der Waals surface area contributed by atoms with Crippen LogP contribution in [-0.4, -0.2) is 68.8 Å². The lowest BCUT2D eigenvalue weighted by atomic mass is 9.85. The molecular formula is C27H30F2N6O3. The molecule has 0 bridgehead atoms. The number of anilines is 1. The summed E-state index contributed by atoms with van der Waals surface area (Å²) in [5.41, 5.74) is 2.37. The molecule has 1 saturated heterocycles. The summed E-state index contributed by atoms with van der Waals surface area (Å²) in [7, 11) is 0. The van der Waals surface area contributed by atoms with Gasteiger partial charge in [0.2, 0.25) is 11.8 Å². The Morgan fingerprint density at radius 3 is 2.50 bits per heavy atom. The topological polar surface area (TPSA) is 112 Å². The highest BCUT2D eigenvalue weighted by Crippen LogP contribution is 2.38. The number of rotatable bonds is 5. The fraction of sp³-hybridized carbons (Fsp3) is 0.444. The Morgan fingerprint density at radius 2 is 1.82 bits per heavy atom. The molecule has 0 unspecified atom stereocenters. The molecule has 1 aliphatic carbocycles. The molecule has 2 fully saturated rings. The molecule has 200 valence electrons. The molecule has 5 rings (SSSR count). The average molecular weight is 525 g/mol. The van der Waals surface area contributed by atoms with Crippen LogP contribution in [-0.2, 0) is 11.3 Å². The molecule has 3 heterocycles. The molecule has 11 heteroatoms. The Hall–Kier alpha value is -3.89. The molecule has 3 aromatic rings. The van der Waals surface area contributed by atoms with Crippen molar-refractivity contribution in [2.75, 3.05) is 24.5 Å².